The monoisotopic (exact) mass is 449 g/mol. The molecule has 3 aromatic heterocycles. The fraction of sp³-hybridized carbons (Fsp3) is 0.158. The Kier molecular flexibility index (Phi) is 5.61. The Balaban J connectivity index is 1.73. The summed E-state index contributed by atoms with van der Waals surface area (Å²) >= 11 is 2.28. The van der Waals surface area contributed by atoms with E-state index in [1.54, 1.807) is 30.2 Å². The van der Waals surface area contributed by atoms with Crippen LogP contribution in [0.2, 0.25) is 0 Å². The third kappa shape index (κ3) is 4.09. The van der Waals surface area contributed by atoms with Crippen molar-refractivity contribution >= 4 is 61.2 Å². The van der Waals surface area contributed by atoms with Gasteiger partial charge in [-0.1, -0.05) is 0 Å². The van der Waals surface area contributed by atoms with Gasteiger partial charge in [0.05, 0.1) is 16.8 Å². The molecule has 10 nitrogen and oxygen atoms in total. The minimum Gasteiger partial charge on any atom is -0.506 e. The van der Waals surface area contributed by atoms with E-state index in [0.29, 0.717) is 38.3 Å². The van der Waals surface area contributed by atoms with Crippen LogP contribution in [-0.2, 0) is 0 Å². The van der Waals surface area contributed by atoms with Crippen LogP contribution in [0.15, 0.2) is 50.9 Å². The maximum absolute atomic E-state index is 10.4. The molecule has 0 aliphatic carbocycles. The first-order chi connectivity index (χ1) is 15.0. The smallest absolute Gasteiger partial charge is 0.176 e. The second kappa shape index (κ2) is 8.50. The molecule has 1 aromatic carbocycles. The maximum atomic E-state index is 10.4. The molecule has 0 saturated carbocycles. The number of azo groups is 2. The summed E-state index contributed by atoms with van der Waals surface area (Å²) in [4.78, 5) is 5.97. The number of nitriles is 1. The van der Waals surface area contributed by atoms with Crippen molar-refractivity contribution in [3.8, 4) is 11.8 Å². The van der Waals surface area contributed by atoms with Gasteiger partial charge in [0.1, 0.15) is 28.8 Å². The molecule has 0 saturated heterocycles. The topological polar surface area (TPSA) is 135 Å². The van der Waals surface area contributed by atoms with E-state index in [4.69, 9.17) is 0 Å². The molecule has 154 valence electrons. The van der Waals surface area contributed by atoms with E-state index in [-0.39, 0.29) is 11.4 Å². The van der Waals surface area contributed by atoms with Gasteiger partial charge in [-0.3, -0.25) is 0 Å². The standard InChI is InChI=1S/C19H15N9OS2/c1-10-12(9-20)19(30-26-10)25-22-13-7-14(16(29)8-15(13)28(2)3)23-24-18-11-5-4-6-21-17(11)27-31-18/h4-8,29H,1-3H3. The van der Waals surface area contributed by atoms with E-state index in [2.05, 4.69) is 40.3 Å². The van der Waals surface area contributed by atoms with Crippen molar-refractivity contribution in [2.45, 2.75) is 6.92 Å². The van der Waals surface area contributed by atoms with Crippen LogP contribution < -0.4 is 4.90 Å². The molecule has 0 unspecified atom stereocenters. The number of nitrogens with zero attached hydrogens (tertiary/aromatic N) is 9. The lowest BCUT2D eigenvalue weighted by Gasteiger charge is -2.15. The van der Waals surface area contributed by atoms with Crippen LogP contribution in [0.4, 0.5) is 27.1 Å². The molecule has 0 radical (unpaired) electrons. The highest BCUT2D eigenvalue weighted by Crippen LogP contribution is 2.41. The average molecular weight is 450 g/mol. The Bertz CT molecular complexity index is 1360. The second-order valence-electron chi connectivity index (χ2n) is 6.55. The largest absolute Gasteiger partial charge is 0.506 e. The third-order valence-electron chi connectivity index (χ3n) is 4.24. The zero-order valence-corrected chi connectivity index (χ0v) is 18.3. The Morgan fingerprint density at radius 2 is 1.77 bits per heavy atom. The number of pyridine rings is 1. The van der Waals surface area contributed by atoms with Gasteiger partial charge in [0.25, 0.3) is 0 Å². The molecule has 0 aliphatic rings. The molecule has 0 aliphatic heterocycles. The molecule has 3 heterocycles. The minimum absolute atomic E-state index is 0.0512. The first kappa shape index (κ1) is 20.5. The number of aryl methyl sites for hydroxylation is 1. The van der Waals surface area contributed by atoms with Gasteiger partial charge in [0.15, 0.2) is 15.6 Å². The van der Waals surface area contributed by atoms with Gasteiger partial charge in [-0.15, -0.1) is 20.5 Å². The fourth-order valence-corrected chi connectivity index (χ4v) is 4.00. The van der Waals surface area contributed by atoms with Crippen LogP contribution in [-0.4, -0.2) is 32.9 Å². The first-order valence-corrected chi connectivity index (χ1v) is 10.5. The predicted octanol–water partition coefficient (Wildman–Crippen LogP) is 5.93. The quantitative estimate of drug-likeness (QED) is 0.375. The highest BCUT2D eigenvalue weighted by molar-refractivity contribution is 7.11. The number of aromatic nitrogens is 3. The van der Waals surface area contributed by atoms with E-state index >= 15 is 0 Å². The summed E-state index contributed by atoms with van der Waals surface area (Å²) < 4.78 is 8.38. The van der Waals surface area contributed by atoms with E-state index in [9.17, 15) is 10.4 Å². The van der Waals surface area contributed by atoms with E-state index in [1.807, 2.05) is 20.2 Å². The molecular formula is C19H15N9OS2. The van der Waals surface area contributed by atoms with Crippen molar-refractivity contribution in [2.75, 3.05) is 19.0 Å². The Labute approximate surface area is 185 Å². The second-order valence-corrected chi connectivity index (χ2v) is 8.05. The summed E-state index contributed by atoms with van der Waals surface area (Å²) in [6.45, 7) is 1.75. The summed E-state index contributed by atoms with van der Waals surface area (Å²) in [5.41, 5.74) is 2.92. The number of anilines is 1. The zero-order valence-electron chi connectivity index (χ0n) is 16.7. The summed E-state index contributed by atoms with van der Waals surface area (Å²) in [5.74, 6) is -0.0512. The molecule has 0 bridgehead atoms. The van der Waals surface area contributed by atoms with Crippen LogP contribution in [0.1, 0.15) is 11.3 Å². The zero-order chi connectivity index (χ0) is 22.0. The summed E-state index contributed by atoms with van der Waals surface area (Å²) in [6, 6.07) is 8.87. The van der Waals surface area contributed by atoms with E-state index in [0.717, 1.165) is 16.9 Å². The lowest BCUT2D eigenvalue weighted by atomic mass is 10.2. The Morgan fingerprint density at radius 3 is 2.55 bits per heavy atom. The lowest BCUT2D eigenvalue weighted by Crippen LogP contribution is -2.08. The molecule has 0 atom stereocenters. The number of rotatable bonds is 5. The van der Waals surface area contributed by atoms with Gasteiger partial charge in [-0.2, -0.15) is 14.0 Å². The molecule has 0 amide bonds. The predicted molar refractivity (Wildman–Crippen MR) is 120 cm³/mol. The number of benzene rings is 1. The van der Waals surface area contributed by atoms with Crippen LogP contribution in [0.3, 0.4) is 0 Å². The molecule has 1 N–H and O–H groups in total. The fourth-order valence-electron chi connectivity index (χ4n) is 2.67. The molecule has 4 aromatic rings. The molecule has 12 heteroatoms. The average Bonchev–Trinajstić information content (AvgIpc) is 3.34. The molecule has 0 spiro atoms. The van der Waals surface area contributed by atoms with Crippen molar-refractivity contribution in [2.24, 2.45) is 20.5 Å². The van der Waals surface area contributed by atoms with Gasteiger partial charge < -0.3 is 10.0 Å². The normalized spacial score (nSPS) is 11.5. The highest BCUT2D eigenvalue weighted by atomic mass is 32.1. The van der Waals surface area contributed by atoms with Gasteiger partial charge in [0, 0.05) is 26.4 Å². The molecule has 4 rings (SSSR count). The third-order valence-corrected chi connectivity index (χ3v) is 5.81. The maximum Gasteiger partial charge on any atom is 0.176 e. The first-order valence-electron chi connectivity index (χ1n) is 8.92. The number of fused-ring (bicyclic) bond motifs is 1. The van der Waals surface area contributed by atoms with Crippen LogP contribution in [0.5, 0.6) is 5.75 Å². The molecular weight excluding hydrogens is 434 g/mol. The van der Waals surface area contributed by atoms with Gasteiger partial charge in [0.2, 0.25) is 0 Å². The summed E-state index contributed by atoms with van der Waals surface area (Å²) in [7, 11) is 3.64. The summed E-state index contributed by atoms with van der Waals surface area (Å²) in [6.07, 6.45) is 1.66. The number of phenolic OH excluding ortho intramolecular Hbond substituents is 1. The Morgan fingerprint density at radius 1 is 1.03 bits per heavy atom. The van der Waals surface area contributed by atoms with Crippen LogP contribution >= 0.6 is 23.1 Å². The van der Waals surface area contributed by atoms with Crippen molar-refractivity contribution in [1.29, 1.82) is 5.26 Å². The van der Waals surface area contributed by atoms with Gasteiger partial charge in [-0.05, 0) is 48.2 Å². The highest BCUT2D eigenvalue weighted by Gasteiger charge is 2.14. The molecule has 0 fully saturated rings. The Hall–Kier alpha value is -3.82. The van der Waals surface area contributed by atoms with Gasteiger partial charge >= 0.3 is 0 Å². The SMILES string of the molecule is Cc1nsc(N=Nc2cc(N=Nc3snc4ncccc34)c(O)cc2N(C)C)c1C#N. The lowest BCUT2D eigenvalue weighted by molar-refractivity contribution is 0.476. The van der Waals surface area contributed by atoms with E-state index < -0.39 is 0 Å². The number of hydrogen-bond donors (Lipinski definition) is 1. The van der Waals surface area contributed by atoms with Crippen LogP contribution in [0, 0.1) is 18.3 Å². The van der Waals surface area contributed by atoms with Crippen molar-refractivity contribution in [3.63, 3.8) is 0 Å². The van der Waals surface area contributed by atoms with Crippen molar-refractivity contribution < 1.29 is 5.11 Å². The number of aromatic hydroxyl groups is 1. The number of hydrogen-bond acceptors (Lipinski definition) is 12. The molecule has 31 heavy (non-hydrogen) atoms. The van der Waals surface area contributed by atoms with E-state index in [1.165, 1.54) is 17.6 Å². The van der Waals surface area contributed by atoms with Crippen LogP contribution in [0.25, 0.3) is 11.0 Å². The number of phenols is 1. The van der Waals surface area contributed by atoms with Crippen molar-refractivity contribution in [3.05, 3.63) is 41.7 Å². The summed E-state index contributed by atoms with van der Waals surface area (Å²) in [5, 5.41) is 38.4. The van der Waals surface area contributed by atoms with Gasteiger partial charge in [-0.25, -0.2) is 4.98 Å². The van der Waals surface area contributed by atoms with Crippen molar-refractivity contribution in [1.82, 2.24) is 13.7 Å². The minimum atomic E-state index is -0.0512.